The van der Waals surface area contributed by atoms with Crippen molar-refractivity contribution in [2.75, 3.05) is 0 Å². The molecule has 25 heavy (non-hydrogen) atoms. The second kappa shape index (κ2) is 6.83. The predicted octanol–water partition coefficient (Wildman–Crippen LogP) is 4.45. The molecule has 0 amide bonds. The number of halogens is 3. The van der Waals surface area contributed by atoms with E-state index < -0.39 is 11.7 Å². The molecule has 0 atom stereocenters. The van der Waals surface area contributed by atoms with Gasteiger partial charge < -0.3 is 4.52 Å². The number of thioether (sulfide) groups is 1. The molecule has 0 unspecified atom stereocenters. The highest BCUT2D eigenvalue weighted by atomic mass is 32.2. The van der Waals surface area contributed by atoms with E-state index in [1.165, 1.54) is 23.9 Å². The molecule has 9 heteroatoms. The van der Waals surface area contributed by atoms with Crippen LogP contribution in [-0.4, -0.2) is 20.1 Å². The van der Waals surface area contributed by atoms with Crippen molar-refractivity contribution in [3.05, 3.63) is 53.3 Å². The van der Waals surface area contributed by atoms with Gasteiger partial charge in [0.25, 0.3) is 0 Å². The number of benzene rings is 1. The van der Waals surface area contributed by atoms with Gasteiger partial charge in [0.15, 0.2) is 0 Å². The SMILES string of the molecule is Cc1cc(SCc2nc(-c3ccc(C(F)(F)F)cc3)no2)nc(C)n1. The van der Waals surface area contributed by atoms with Crippen LogP contribution in [0.1, 0.15) is 23.0 Å². The topological polar surface area (TPSA) is 64.7 Å². The van der Waals surface area contributed by atoms with E-state index in [1.807, 2.05) is 19.9 Å². The van der Waals surface area contributed by atoms with E-state index in [1.54, 1.807) is 0 Å². The lowest BCUT2D eigenvalue weighted by molar-refractivity contribution is -0.137. The van der Waals surface area contributed by atoms with E-state index in [4.69, 9.17) is 4.52 Å². The fourth-order valence-electron chi connectivity index (χ4n) is 2.13. The molecule has 0 fully saturated rings. The largest absolute Gasteiger partial charge is 0.416 e. The molecule has 0 radical (unpaired) electrons. The van der Waals surface area contributed by atoms with E-state index >= 15 is 0 Å². The Bertz CT molecular complexity index is 858. The zero-order valence-electron chi connectivity index (χ0n) is 13.3. The minimum Gasteiger partial charge on any atom is -0.338 e. The molecule has 0 aliphatic rings. The highest BCUT2D eigenvalue weighted by molar-refractivity contribution is 7.98. The van der Waals surface area contributed by atoms with Crippen LogP contribution in [0.3, 0.4) is 0 Å². The molecule has 3 rings (SSSR count). The normalized spacial score (nSPS) is 11.7. The summed E-state index contributed by atoms with van der Waals surface area (Å²) in [5.41, 5.74) is 0.609. The van der Waals surface area contributed by atoms with Gasteiger partial charge in [0.05, 0.1) is 11.3 Å². The maximum atomic E-state index is 12.6. The third-order valence-electron chi connectivity index (χ3n) is 3.22. The molecule has 130 valence electrons. The van der Waals surface area contributed by atoms with Crippen molar-refractivity contribution >= 4 is 11.8 Å². The van der Waals surface area contributed by atoms with E-state index in [9.17, 15) is 13.2 Å². The van der Waals surface area contributed by atoms with Crippen LogP contribution in [0.5, 0.6) is 0 Å². The monoisotopic (exact) mass is 366 g/mol. The van der Waals surface area contributed by atoms with Crippen molar-refractivity contribution in [2.24, 2.45) is 0 Å². The number of aromatic nitrogens is 4. The standard InChI is InChI=1S/C16H13F3N4OS/c1-9-7-14(21-10(2)20-9)25-8-13-22-15(23-24-13)11-3-5-12(6-4-11)16(17,18)19/h3-7H,8H2,1-2H3. The Balaban J connectivity index is 1.70. The van der Waals surface area contributed by atoms with Gasteiger partial charge in [0.2, 0.25) is 11.7 Å². The van der Waals surface area contributed by atoms with Gasteiger partial charge in [0.1, 0.15) is 10.9 Å². The number of rotatable bonds is 4. The van der Waals surface area contributed by atoms with E-state index in [0.29, 0.717) is 23.0 Å². The molecule has 1 aromatic carbocycles. The summed E-state index contributed by atoms with van der Waals surface area (Å²) in [5.74, 6) is 1.70. The van der Waals surface area contributed by atoms with Gasteiger partial charge in [-0.15, -0.1) is 0 Å². The molecule has 0 saturated heterocycles. The van der Waals surface area contributed by atoms with Crippen molar-refractivity contribution in [1.29, 1.82) is 0 Å². The smallest absolute Gasteiger partial charge is 0.338 e. The first kappa shape index (κ1) is 17.4. The van der Waals surface area contributed by atoms with E-state index in [-0.39, 0.29) is 5.82 Å². The Kier molecular flexibility index (Phi) is 4.76. The molecule has 2 aromatic heterocycles. The van der Waals surface area contributed by atoms with E-state index in [2.05, 4.69) is 20.1 Å². The van der Waals surface area contributed by atoms with Crippen molar-refractivity contribution in [2.45, 2.75) is 30.8 Å². The van der Waals surface area contributed by atoms with Gasteiger partial charge in [0, 0.05) is 11.3 Å². The summed E-state index contributed by atoms with van der Waals surface area (Å²) >= 11 is 1.42. The number of hydrogen-bond donors (Lipinski definition) is 0. The van der Waals surface area contributed by atoms with Crippen molar-refractivity contribution in [1.82, 2.24) is 20.1 Å². The number of hydrogen-bond acceptors (Lipinski definition) is 6. The van der Waals surface area contributed by atoms with Gasteiger partial charge in [-0.05, 0) is 32.0 Å². The van der Waals surface area contributed by atoms with Crippen LogP contribution in [0.4, 0.5) is 13.2 Å². The quantitative estimate of drug-likeness (QED) is 0.502. The molecule has 0 N–H and O–H groups in total. The fourth-order valence-corrected chi connectivity index (χ4v) is 2.97. The average molecular weight is 366 g/mol. The van der Waals surface area contributed by atoms with Crippen LogP contribution in [0.15, 0.2) is 39.9 Å². The third kappa shape index (κ3) is 4.36. The lowest BCUT2D eigenvalue weighted by atomic mass is 10.1. The van der Waals surface area contributed by atoms with Crippen LogP contribution >= 0.6 is 11.8 Å². The first-order valence-electron chi connectivity index (χ1n) is 7.26. The molecule has 5 nitrogen and oxygen atoms in total. The summed E-state index contributed by atoms with van der Waals surface area (Å²) < 4.78 is 42.9. The first-order valence-corrected chi connectivity index (χ1v) is 8.25. The van der Waals surface area contributed by atoms with Crippen LogP contribution < -0.4 is 0 Å². The second-order valence-corrected chi connectivity index (χ2v) is 6.27. The first-order chi connectivity index (χ1) is 11.8. The molecule has 0 aliphatic carbocycles. The van der Waals surface area contributed by atoms with Gasteiger partial charge in [-0.25, -0.2) is 9.97 Å². The number of alkyl halides is 3. The molecular weight excluding hydrogens is 353 g/mol. The Hall–Kier alpha value is -2.42. The zero-order chi connectivity index (χ0) is 18.0. The highest BCUT2D eigenvalue weighted by Crippen LogP contribution is 2.30. The summed E-state index contributed by atoms with van der Waals surface area (Å²) in [4.78, 5) is 12.7. The number of nitrogens with zero attached hydrogens (tertiary/aromatic N) is 4. The Labute approximate surface area is 145 Å². The van der Waals surface area contributed by atoms with Gasteiger partial charge >= 0.3 is 6.18 Å². The molecular formula is C16H13F3N4OS. The van der Waals surface area contributed by atoms with Crippen LogP contribution in [-0.2, 0) is 11.9 Å². The summed E-state index contributed by atoms with van der Waals surface area (Å²) in [6.45, 7) is 3.70. The Morgan fingerprint density at radius 2 is 1.76 bits per heavy atom. The average Bonchev–Trinajstić information content (AvgIpc) is 3.00. The lowest BCUT2D eigenvalue weighted by Gasteiger charge is -2.05. The van der Waals surface area contributed by atoms with E-state index in [0.717, 1.165) is 22.9 Å². The van der Waals surface area contributed by atoms with Crippen molar-refractivity contribution in [3.8, 4) is 11.4 Å². The Morgan fingerprint density at radius 3 is 2.40 bits per heavy atom. The summed E-state index contributed by atoms with van der Waals surface area (Å²) in [6.07, 6.45) is -4.37. The Morgan fingerprint density at radius 1 is 1.04 bits per heavy atom. The van der Waals surface area contributed by atoms with Crippen molar-refractivity contribution < 1.29 is 17.7 Å². The second-order valence-electron chi connectivity index (χ2n) is 5.27. The lowest BCUT2D eigenvalue weighted by Crippen LogP contribution is -2.04. The van der Waals surface area contributed by atoms with Crippen LogP contribution in [0.25, 0.3) is 11.4 Å². The third-order valence-corrected chi connectivity index (χ3v) is 4.12. The summed E-state index contributed by atoms with van der Waals surface area (Å²) in [7, 11) is 0. The minimum atomic E-state index is -4.37. The summed E-state index contributed by atoms with van der Waals surface area (Å²) in [5, 5.41) is 4.60. The molecule has 0 spiro atoms. The van der Waals surface area contributed by atoms with Gasteiger partial charge in [-0.1, -0.05) is 29.1 Å². The van der Waals surface area contributed by atoms with Gasteiger partial charge in [-0.2, -0.15) is 18.2 Å². The number of aryl methyl sites for hydroxylation is 2. The highest BCUT2D eigenvalue weighted by Gasteiger charge is 2.30. The zero-order valence-corrected chi connectivity index (χ0v) is 14.1. The maximum absolute atomic E-state index is 12.6. The minimum absolute atomic E-state index is 0.249. The van der Waals surface area contributed by atoms with Gasteiger partial charge in [-0.3, -0.25) is 0 Å². The fraction of sp³-hybridized carbons (Fsp3) is 0.250. The van der Waals surface area contributed by atoms with Crippen LogP contribution in [0, 0.1) is 13.8 Å². The molecule has 3 aromatic rings. The summed E-state index contributed by atoms with van der Waals surface area (Å²) in [6, 6.07) is 6.48. The predicted molar refractivity (Wildman–Crippen MR) is 85.8 cm³/mol. The van der Waals surface area contributed by atoms with Crippen molar-refractivity contribution in [3.63, 3.8) is 0 Å². The molecule has 0 bridgehead atoms. The van der Waals surface area contributed by atoms with Crippen LogP contribution in [0.2, 0.25) is 0 Å². The maximum Gasteiger partial charge on any atom is 0.416 e. The molecule has 0 aliphatic heterocycles. The molecule has 2 heterocycles. The molecule has 0 saturated carbocycles.